The van der Waals surface area contributed by atoms with Crippen molar-refractivity contribution in [3.8, 4) is 0 Å². The number of rotatable bonds is 9. The van der Waals surface area contributed by atoms with Crippen LogP contribution in [0.2, 0.25) is 0 Å². The highest BCUT2D eigenvalue weighted by molar-refractivity contribution is 5.89. The summed E-state index contributed by atoms with van der Waals surface area (Å²) in [7, 11) is 2.96. The van der Waals surface area contributed by atoms with Crippen LogP contribution in [0.4, 0.5) is 0 Å². The second-order valence-corrected chi connectivity index (χ2v) is 16.9. The van der Waals surface area contributed by atoms with E-state index >= 15 is 0 Å². The molecule has 15 heteroatoms. The average molecular weight is 789 g/mol. The number of methoxy groups -OCH3 is 2. The maximum atomic E-state index is 14.4. The molecule has 0 aromatic rings. The fraction of sp³-hybridized carbons (Fsp3) is 0.900. The number of aliphatic hydroxyl groups is 3. The Labute approximate surface area is 326 Å². The monoisotopic (exact) mass is 788 g/mol. The highest BCUT2D eigenvalue weighted by atomic mass is 16.7. The third-order valence-electron chi connectivity index (χ3n) is 12.3. The lowest BCUT2D eigenvalue weighted by molar-refractivity contribution is -0.312. The van der Waals surface area contributed by atoms with Crippen molar-refractivity contribution in [1.82, 2.24) is 0 Å². The molecule has 0 bridgehead atoms. The summed E-state index contributed by atoms with van der Waals surface area (Å²) in [5.41, 5.74) is -3.06. The molecular weight excluding hydrogens is 720 g/mol. The SMILES string of the molecule is COC1CC(C)OC(OC2C(C)CC(C)(O)C(=O)C(C)C(OC(C)=O)C(C)C(C(C)C(C)=O)OC(=O)C(C)C(OC3CC(C)(OC)C(O)C(C)O3)C2C)C1O. The minimum atomic E-state index is -1.99. The maximum Gasteiger partial charge on any atom is 0.311 e. The highest BCUT2D eigenvalue weighted by Gasteiger charge is 2.52. The number of ether oxygens (including phenoxy) is 8. The van der Waals surface area contributed by atoms with Gasteiger partial charge in [0.2, 0.25) is 0 Å². The van der Waals surface area contributed by atoms with Crippen LogP contribution in [0.3, 0.4) is 0 Å². The van der Waals surface area contributed by atoms with Gasteiger partial charge in [-0.25, -0.2) is 0 Å². The first-order valence-electron chi connectivity index (χ1n) is 19.6. The summed E-state index contributed by atoms with van der Waals surface area (Å²) < 4.78 is 48.7. The van der Waals surface area contributed by atoms with E-state index in [2.05, 4.69) is 0 Å². The number of esters is 2. The van der Waals surface area contributed by atoms with Gasteiger partial charge in [-0.15, -0.1) is 0 Å². The summed E-state index contributed by atoms with van der Waals surface area (Å²) in [4.78, 5) is 54.0. The molecule has 318 valence electrons. The standard InChI is InChI=1S/C40H68O15/c1-18-16-39(11,47)35(44)23(6)33(52-27(10)42)22(5)32(20(3)25(8)41)54-37(46)24(7)34(53-29-17-40(12,49-14)36(45)26(9)51-29)21(4)31(18)55-38-30(43)28(48-13)15-19(2)50-38/h18-24,26,28-34,36,38,43,45,47H,15-17H2,1-14H3. The van der Waals surface area contributed by atoms with Crippen LogP contribution >= 0.6 is 0 Å². The van der Waals surface area contributed by atoms with E-state index in [1.54, 1.807) is 48.5 Å². The van der Waals surface area contributed by atoms with Crippen LogP contribution in [0.1, 0.15) is 102 Å². The van der Waals surface area contributed by atoms with E-state index in [0.717, 1.165) is 0 Å². The lowest BCUT2D eigenvalue weighted by Gasteiger charge is -2.47. The van der Waals surface area contributed by atoms with Crippen molar-refractivity contribution >= 4 is 23.5 Å². The first-order chi connectivity index (χ1) is 25.4. The van der Waals surface area contributed by atoms with Crippen molar-refractivity contribution in [2.75, 3.05) is 14.2 Å². The average Bonchev–Trinajstić information content (AvgIpc) is 3.11. The van der Waals surface area contributed by atoms with Gasteiger partial charge in [-0.1, -0.05) is 34.6 Å². The molecule has 15 nitrogen and oxygen atoms in total. The molecule has 3 rings (SSSR count). The number of hydrogen-bond acceptors (Lipinski definition) is 15. The van der Waals surface area contributed by atoms with E-state index in [1.165, 1.54) is 41.9 Å². The number of carbonyl (C=O) groups is 4. The molecule has 3 heterocycles. The van der Waals surface area contributed by atoms with Crippen molar-refractivity contribution < 1.29 is 72.4 Å². The van der Waals surface area contributed by atoms with Crippen LogP contribution in [0.15, 0.2) is 0 Å². The van der Waals surface area contributed by atoms with Crippen molar-refractivity contribution in [2.45, 2.75) is 181 Å². The second-order valence-electron chi connectivity index (χ2n) is 16.9. The van der Waals surface area contributed by atoms with Gasteiger partial charge in [0.1, 0.15) is 35.8 Å². The largest absolute Gasteiger partial charge is 0.461 e. The normalized spacial score (nSPS) is 45.9. The molecule has 0 saturated carbocycles. The van der Waals surface area contributed by atoms with Crippen molar-refractivity contribution in [3.05, 3.63) is 0 Å². The molecule has 0 aromatic carbocycles. The summed E-state index contributed by atoms with van der Waals surface area (Å²) in [6.07, 6.45) is -10.1. The molecule has 55 heavy (non-hydrogen) atoms. The van der Waals surface area contributed by atoms with Crippen LogP contribution in [0.25, 0.3) is 0 Å². The zero-order valence-corrected chi connectivity index (χ0v) is 35.2. The molecule has 19 unspecified atom stereocenters. The van der Waals surface area contributed by atoms with Crippen molar-refractivity contribution in [3.63, 3.8) is 0 Å². The minimum absolute atomic E-state index is 0.0880. The third kappa shape index (κ3) is 10.9. The van der Waals surface area contributed by atoms with Gasteiger partial charge in [-0.05, 0) is 53.9 Å². The summed E-state index contributed by atoms with van der Waals surface area (Å²) in [5.74, 6) is -7.64. The maximum absolute atomic E-state index is 14.4. The molecular formula is C40H68O15. The Morgan fingerprint density at radius 3 is 2.02 bits per heavy atom. The van der Waals surface area contributed by atoms with Gasteiger partial charge < -0.3 is 53.2 Å². The molecule has 3 aliphatic rings. The van der Waals surface area contributed by atoms with E-state index in [1.807, 2.05) is 6.92 Å². The predicted octanol–water partition coefficient (Wildman–Crippen LogP) is 3.14. The molecule has 0 aromatic heterocycles. The summed E-state index contributed by atoms with van der Waals surface area (Å²) >= 11 is 0. The van der Waals surface area contributed by atoms with Gasteiger partial charge in [-0.3, -0.25) is 19.2 Å². The molecule has 0 radical (unpaired) electrons. The number of hydrogen-bond donors (Lipinski definition) is 3. The first kappa shape index (κ1) is 47.3. The van der Waals surface area contributed by atoms with Crippen LogP contribution in [-0.2, 0) is 57.1 Å². The number of ketones is 2. The quantitative estimate of drug-likeness (QED) is 0.288. The van der Waals surface area contributed by atoms with Crippen LogP contribution in [-0.4, -0.2) is 132 Å². The van der Waals surface area contributed by atoms with Gasteiger partial charge in [-0.2, -0.15) is 0 Å². The molecule has 0 spiro atoms. The molecule has 19 atom stereocenters. The Hall–Kier alpha value is -2.08. The van der Waals surface area contributed by atoms with Crippen LogP contribution < -0.4 is 0 Å². The van der Waals surface area contributed by atoms with Crippen molar-refractivity contribution in [1.29, 1.82) is 0 Å². The molecule has 3 N–H and O–H groups in total. The Bertz CT molecular complexity index is 1320. The van der Waals surface area contributed by atoms with Crippen LogP contribution in [0, 0.1) is 35.5 Å². The second kappa shape index (κ2) is 19.1. The lowest BCUT2D eigenvalue weighted by atomic mass is 9.74. The summed E-state index contributed by atoms with van der Waals surface area (Å²) in [6.45, 7) is 19.1. The number of Topliss-reactive ketones (excluding diaryl/α,β-unsaturated/α-hetero) is 2. The smallest absolute Gasteiger partial charge is 0.311 e. The fourth-order valence-electron chi connectivity index (χ4n) is 8.74. The Morgan fingerprint density at radius 2 is 1.47 bits per heavy atom. The lowest BCUT2D eigenvalue weighted by Crippen LogP contribution is -2.58. The fourth-order valence-corrected chi connectivity index (χ4v) is 8.74. The Morgan fingerprint density at radius 1 is 0.855 bits per heavy atom. The minimum Gasteiger partial charge on any atom is -0.461 e. The van der Waals surface area contributed by atoms with Crippen molar-refractivity contribution in [2.24, 2.45) is 35.5 Å². The first-order valence-corrected chi connectivity index (χ1v) is 19.6. The molecule has 0 amide bonds. The molecule has 3 aliphatic heterocycles. The zero-order chi connectivity index (χ0) is 41.9. The number of aliphatic hydroxyl groups excluding tert-OH is 2. The van der Waals surface area contributed by atoms with Gasteiger partial charge in [0, 0.05) is 45.8 Å². The van der Waals surface area contributed by atoms with E-state index in [0.29, 0.717) is 6.42 Å². The van der Waals surface area contributed by atoms with E-state index in [4.69, 9.17) is 37.9 Å². The number of carbonyl (C=O) groups excluding carboxylic acids is 4. The Kier molecular flexibility index (Phi) is 16.4. The van der Waals surface area contributed by atoms with E-state index in [-0.39, 0.29) is 24.7 Å². The van der Waals surface area contributed by atoms with Gasteiger partial charge >= 0.3 is 11.9 Å². The molecule has 3 fully saturated rings. The van der Waals surface area contributed by atoms with Gasteiger partial charge in [0.05, 0.1) is 53.9 Å². The van der Waals surface area contributed by atoms with Gasteiger partial charge in [0.25, 0.3) is 0 Å². The summed E-state index contributed by atoms with van der Waals surface area (Å²) in [5, 5.41) is 34.2. The highest BCUT2D eigenvalue weighted by Crippen LogP contribution is 2.40. The topological polar surface area (TPSA) is 203 Å². The molecule has 3 saturated heterocycles. The number of cyclic esters (lactones) is 1. The summed E-state index contributed by atoms with van der Waals surface area (Å²) in [6, 6.07) is 0. The third-order valence-corrected chi connectivity index (χ3v) is 12.3. The van der Waals surface area contributed by atoms with Gasteiger partial charge in [0.15, 0.2) is 18.4 Å². The Balaban J connectivity index is 2.24. The zero-order valence-electron chi connectivity index (χ0n) is 35.2. The van der Waals surface area contributed by atoms with E-state index in [9.17, 15) is 34.5 Å². The predicted molar refractivity (Wildman–Crippen MR) is 197 cm³/mol. The molecule has 0 aliphatic carbocycles. The van der Waals surface area contributed by atoms with Crippen LogP contribution in [0.5, 0.6) is 0 Å². The van der Waals surface area contributed by atoms with E-state index < -0.39 is 126 Å².